The van der Waals surface area contributed by atoms with Gasteiger partial charge in [0.1, 0.15) is 11.6 Å². The molecule has 0 aliphatic rings. The molecule has 0 aliphatic carbocycles. The third-order valence-corrected chi connectivity index (χ3v) is 3.65. The molecule has 3 rings (SSSR count). The van der Waals surface area contributed by atoms with Gasteiger partial charge in [-0.3, -0.25) is 0 Å². The first-order chi connectivity index (χ1) is 10.1. The van der Waals surface area contributed by atoms with Gasteiger partial charge >= 0.3 is 0 Å². The van der Waals surface area contributed by atoms with E-state index in [2.05, 4.69) is 16.4 Å². The zero-order chi connectivity index (χ0) is 14.8. The Labute approximate surface area is 121 Å². The Morgan fingerprint density at radius 2 is 1.95 bits per heavy atom. The van der Waals surface area contributed by atoms with Crippen LogP contribution in [0.4, 0.5) is 8.78 Å². The normalized spacial score (nSPS) is 12.7. The molecule has 0 amide bonds. The fraction of sp³-hybridized carbons (Fsp3) is 0.176. The van der Waals surface area contributed by atoms with E-state index in [0.717, 1.165) is 28.6 Å². The number of benzene rings is 2. The number of fused-ring (bicyclic) bond motifs is 1. The van der Waals surface area contributed by atoms with Crippen molar-refractivity contribution >= 4 is 10.9 Å². The average Bonchev–Trinajstić information content (AvgIpc) is 2.94. The lowest BCUT2D eigenvalue weighted by Gasteiger charge is -2.15. The van der Waals surface area contributed by atoms with Crippen molar-refractivity contribution in [3.63, 3.8) is 0 Å². The molecule has 2 N–H and O–H groups in total. The SMILES string of the molecule is CC(NCc1ccc2[nH]ccc2c1)c1cc(F)ccc1F. The summed E-state index contributed by atoms with van der Waals surface area (Å²) >= 11 is 0. The number of rotatable bonds is 4. The minimum absolute atomic E-state index is 0.261. The van der Waals surface area contributed by atoms with E-state index in [4.69, 9.17) is 0 Å². The highest BCUT2D eigenvalue weighted by molar-refractivity contribution is 5.79. The largest absolute Gasteiger partial charge is 0.361 e. The van der Waals surface area contributed by atoms with Crippen LogP contribution >= 0.6 is 0 Å². The molecule has 4 heteroatoms. The average molecular weight is 286 g/mol. The van der Waals surface area contributed by atoms with Crippen LogP contribution in [0.2, 0.25) is 0 Å². The summed E-state index contributed by atoms with van der Waals surface area (Å²) in [4.78, 5) is 3.14. The topological polar surface area (TPSA) is 27.8 Å². The molecule has 0 saturated carbocycles. The van der Waals surface area contributed by atoms with Crippen LogP contribution in [0.1, 0.15) is 24.1 Å². The van der Waals surface area contributed by atoms with Crippen molar-refractivity contribution in [1.82, 2.24) is 10.3 Å². The van der Waals surface area contributed by atoms with Crippen LogP contribution in [0.25, 0.3) is 10.9 Å². The van der Waals surface area contributed by atoms with Crippen molar-refractivity contribution in [2.75, 3.05) is 0 Å². The van der Waals surface area contributed by atoms with Gasteiger partial charge < -0.3 is 10.3 Å². The Bertz CT molecular complexity index is 764. The molecule has 1 heterocycles. The predicted octanol–water partition coefficient (Wildman–Crippen LogP) is 4.30. The van der Waals surface area contributed by atoms with E-state index in [-0.39, 0.29) is 6.04 Å². The molecule has 2 nitrogen and oxygen atoms in total. The van der Waals surface area contributed by atoms with Crippen LogP contribution in [0, 0.1) is 11.6 Å². The van der Waals surface area contributed by atoms with Gasteiger partial charge in [0, 0.05) is 29.9 Å². The second kappa shape index (κ2) is 5.66. The van der Waals surface area contributed by atoms with Gasteiger partial charge in [0.15, 0.2) is 0 Å². The number of hydrogen-bond acceptors (Lipinski definition) is 1. The third-order valence-electron chi connectivity index (χ3n) is 3.65. The summed E-state index contributed by atoms with van der Waals surface area (Å²) in [7, 11) is 0. The molecule has 0 spiro atoms. The first kappa shape index (κ1) is 13.8. The van der Waals surface area contributed by atoms with E-state index in [1.165, 1.54) is 6.07 Å². The molecule has 108 valence electrons. The Kier molecular flexibility index (Phi) is 3.71. The van der Waals surface area contributed by atoms with Crippen LogP contribution in [0.3, 0.4) is 0 Å². The zero-order valence-corrected chi connectivity index (χ0v) is 11.7. The van der Waals surface area contributed by atoms with Crippen LogP contribution in [-0.2, 0) is 6.54 Å². The van der Waals surface area contributed by atoms with Crippen molar-refractivity contribution in [3.8, 4) is 0 Å². The predicted molar refractivity (Wildman–Crippen MR) is 79.9 cm³/mol. The Morgan fingerprint density at radius 3 is 2.81 bits per heavy atom. The summed E-state index contributed by atoms with van der Waals surface area (Å²) in [6.45, 7) is 2.42. The lowest BCUT2D eigenvalue weighted by atomic mass is 10.1. The molecule has 0 radical (unpaired) electrons. The lowest BCUT2D eigenvalue weighted by Crippen LogP contribution is -2.19. The number of halogens is 2. The summed E-state index contributed by atoms with van der Waals surface area (Å²) in [5.41, 5.74) is 2.53. The van der Waals surface area contributed by atoms with Gasteiger partial charge in [-0.1, -0.05) is 6.07 Å². The minimum Gasteiger partial charge on any atom is -0.361 e. The Morgan fingerprint density at radius 1 is 1.10 bits per heavy atom. The van der Waals surface area contributed by atoms with Crippen LogP contribution in [-0.4, -0.2) is 4.98 Å². The summed E-state index contributed by atoms with van der Waals surface area (Å²) in [6.07, 6.45) is 1.90. The van der Waals surface area contributed by atoms with Crippen LogP contribution in [0.15, 0.2) is 48.7 Å². The van der Waals surface area contributed by atoms with Crippen molar-refractivity contribution < 1.29 is 8.78 Å². The van der Waals surface area contributed by atoms with Gasteiger partial charge in [-0.2, -0.15) is 0 Å². The molecule has 1 aromatic heterocycles. The molecule has 0 bridgehead atoms. The Balaban J connectivity index is 1.72. The second-order valence-electron chi connectivity index (χ2n) is 5.17. The third kappa shape index (κ3) is 2.95. The molecule has 3 aromatic rings. The summed E-state index contributed by atoms with van der Waals surface area (Å²) in [6, 6.07) is 11.4. The van der Waals surface area contributed by atoms with Crippen LogP contribution < -0.4 is 5.32 Å². The number of H-pyrrole nitrogens is 1. The van der Waals surface area contributed by atoms with Gasteiger partial charge in [0.05, 0.1) is 0 Å². The van der Waals surface area contributed by atoms with Crippen molar-refractivity contribution in [3.05, 3.63) is 71.4 Å². The summed E-state index contributed by atoms with van der Waals surface area (Å²) < 4.78 is 26.9. The fourth-order valence-corrected chi connectivity index (χ4v) is 2.44. The smallest absolute Gasteiger partial charge is 0.128 e. The highest BCUT2D eigenvalue weighted by Gasteiger charge is 2.11. The molecular weight excluding hydrogens is 270 g/mol. The van der Waals surface area contributed by atoms with Crippen molar-refractivity contribution in [2.45, 2.75) is 19.5 Å². The van der Waals surface area contributed by atoms with Crippen molar-refractivity contribution in [1.29, 1.82) is 0 Å². The number of hydrogen-bond donors (Lipinski definition) is 2. The lowest BCUT2D eigenvalue weighted by molar-refractivity contribution is 0.519. The molecule has 1 unspecified atom stereocenters. The van der Waals surface area contributed by atoms with E-state index in [0.29, 0.717) is 12.1 Å². The van der Waals surface area contributed by atoms with E-state index >= 15 is 0 Å². The molecule has 0 saturated heterocycles. The molecule has 1 atom stereocenters. The maximum absolute atomic E-state index is 13.7. The molecule has 0 aliphatic heterocycles. The maximum atomic E-state index is 13.7. The van der Waals surface area contributed by atoms with Crippen LogP contribution in [0.5, 0.6) is 0 Å². The molecular formula is C17H16F2N2. The standard InChI is InChI=1S/C17H16F2N2/c1-11(15-9-14(18)3-4-16(15)19)21-10-12-2-5-17-13(8-12)6-7-20-17/h2-9,11,20-21H,10H2,1H3. The fourth-order valence-electron chi connectivity index (χ4n) is 2.44. The van der Waals surface area contributed by atoms with Gasteiger partial charge in [0.2, 0.25) is 0 Å². The highest BCUT2D eigenvalue weighted by Crippen LogP contribution is 2.19. The molecule has 2 aromatic carbocycles. The second-order valence-corrected chi connectivity index (χ2v) is 5.17. The van der Waals surface area contributed by atoms with Gasteiger partial charge in [-0.05, 0) is 54.3 Å². The highest BCUT2D eigenvalue weighted by atomic mass is 19.1. The molecule has 21 heavy (non-hydrogen) atoms. The first-order valence-electron chi connectivity index (χ1n) is 6.88. The number of aromatic nitrogens is 1. The monoisotopic (exact) mass is 286 g/mol. The quantitative estimate of drug-likeness (QED) is 0.735. The van der Waals surface area contributed by atoms with E-state index in [1.54, 1.807) is 0 Å². The minimum atomic E-state index is -0.422. The van der Waals surface area contributed by atoms with E-state index in [9.17, 15) is 8.78 Å². The first-order valence-corrected chi connectivity index (χ1v) is 6.88. The number of aromatic amines is 1. The summed E-state index contributed by atoms with van der Waals surface area (Å²) in [5.74, 6) is -0.814. The van der Waals surface area contributed by atoms with E-state index in [1.807, 2.05) is 31.3 Å². The van der Waals surface area contributed by atoms with Gasteiger partial charge in [-0.25, -0.2) is 8.78 Å². The van der Waals surface area contributed by atoms with Crippen molar-refractivity contribution in [2.24, 2.45) is 0 Å². The maximum Gasteiger partial charge on any atom is 0.128 e. The van der Waals surface area contributed by atoms with Gasteiger partial charge in [-0.15, -0.1) is 0 Å². The zero-order valence-electron chi connectivity index (χ0n) is 11.7. The Hall–Kier alpha value is -2.20. The van der Waals surface area contributed by atoms with E-state index < -0.39 is 11.6 Å². The molecule has 0 fully saturated rings. The van der Waals surface area contributed by atoms with Gasteiger partial charge in [0.25, 0.3) is 0 Å². The number of nitrogens with one attached hydrogen (secondary N) is 2. The summed E-state index contributed by atoms with van der Waals surface area (Å²) in [5, 5.41) is 4.36.